The maximum absolute atomic E-state index is 14.4. The molecule has 0 aromatic heterocycles. The monoisotopic (exact) mass is 355 g/mol. The van der Waals surface area contributed by atoms with Crippen molar-refractivity contribution in [3.63, 3.8) is 0 Å². The van der Waals surface area contributed by atoms with E-state index in [0.717, 1.165) is 18.4 Å². The second kappa shape index (κ2) is 7.08. The van der Waals surface area contributed by atoms with Crippen molar-refractivity contribution < 1.29 is 18.7 Å². The Morgan fingerprint density at radius 1 is 1.15 bits per heavy atom. The van der Waals surface area contributed by atoms with Crippen LogP contribution in [0.25, 0.3) is 0 Å². The lowest BCUT2D eigenvalue weighted by Crippen LogP contribution is -2.47. The van der Waals surface area contributed by atoms with E-state index in [4.69, 9.17) is 9.47 Å². The third-order valence-electron chi connectivity index (χ3n) is 5.14. The number of nitrogens with zero attached hydrogens (tertiary/aromatic N) is 1. The van der Waals surface area contributed by atoms with Gasteiger partial charge in [0.2, 0.25) is 0 Å². The smallest absolute Gasteiger partial charge is 0.257 e. The molecule has 2 aliphatic rings. The summed E-state index contributed by atoms with van der Waals surface area (Å²) < 4.78 is 25.7. The van der Waals surface area contributed by atoms with Crippen molar-refractivity contribution in [2.45, 2.75) is 25.0 Å². The zero-order valence-corrected chi connectivity index (χ0v) is 14.7. The molecule has 136 valence electrons. The lowest BCUT2D eigenvalue weighted by molar-refractivity contribution is -0.0864. The Morgan fingerprint density at radius 3 is 2.58 bits per heavy atom. The van der Waals surface area contributed by atoms with Crippen molar-refractivity contribution in [2.75, 3.05) is 20.2 Å². The molecular formula is C21H22FNO3. The minimum Gasteiger partial charge on any atom is -0.497 e. The Balaban J connectivity index is 1.58. The summed E-state index contributed by atoms with van der Waals surface area (Å²) in [7, 11) is 1.48. The van der Waals surface area contributed by atoms with Crippen LogP contribution in [0.15, 0.2) is 48.5 Å². The Kier molecular flexibility index (Phi) is 4.64. The molecule has 26 heavy (non-hydrogen) atoms. The van der Waals surface area contributed by atoms with E-state index < -0.39 is 5.82 Å². The fraction of sp³-hybridized carbons (Fsp3) is 0.381. The molecule has 0 unspecified atom stereocenters. The fourth-order valence-corrected chi connectivity index (χ4v) is 3.50. The molecule has 0 spiro atoms. The zero-order valence-electron chi connectivity index (χ0n) is 14.7. The molecule has 1 heterocycles. The van der Waals surface area contributed by atoms with Gasteiger partial charge in [-0.1, -0.05) is 30.3 Å². The first-order valence-corrected chi connectivity index (χ1v) is 8.99. The maximum Gasteiger partial charge on any atom is 0.257 e. The highest BCUT2D eigenvalue weighted by atomic mass is 19.1. The van der Waals surface area contributed by atoms with Gasteiger partial charge in [0.05, 0.1) is 25.3 Å². The first kappa shape index (κ1) is 17.0. The first-order chi connectivity index (χ1) is 12.7. The number of hydrogen-bond acceptors (Lipinski definition) is 3. The molecule has 4 rings (SSSR count). The van der Waals surface area contributed by atoms with E-state index in [9.17, 15) is 9.18 Å². The number of benzene rings is 2. The van der Waals surface area contributed by atoms with Crippen molar-refractivity contribution in [3.05, 3.63) is 65.5 Å². The summed E-state index contributed by atoms with van der Waals surface area (Å²) in [6.45, 7) is 0.940. The number of rotatable bonds is 4. The first-order valence-electron chi connectivity index (χ1n) is 8.99. The van der Waals surface area contributed by atoms with E-state index in [2.05, 4.69) is 0 Å². The van der Waals surface area contributed by atoms with Crippen LogP contribution >= 0.6 is 0 Å². The number of ether oxygens (including phenoxy) is 2. The molecule has 5 heteroatoms. The van der Waals surface area contributed by atoms with E-state index in [1.807, 2.05) is 30.3 Å². The van der Waals surface area contributed by atoms with Crippen LogP contribution in [0.1, 0.15) is 34.9 Å². The molecule has 2 aromatic carbocycles. The van der Waals surface area contributed by atoms with E-state index in [-0.39, 0.29) is 23.7 Å². The highest BCUT2D eigenvalue weighted by Gasteiger charge is 2.40. The molecule has 2 aromatic rings. The summed E-state index contributed by atoms with van der Waals surface area (Å²) in [5.74, 6) is 0.0525. The molecule has 1 saturated heterocycles. The van der Waals surface area contributed by atoms with Crippen LogP contribution in [0.2, 0.25) is 0 Å². The van der Waals surface area contributed by atoms with Gasteiger partial charge in [0.25, 0.3) is 5.91 Å². The second-order valence-corrected chi connectivity index (χ2v) is 6.97. The minimum absolute atomic E-state index is 0.0132. The van der Waals surface area contributed by atoms with Crippen LogP contribution < -0.4 is 4.74 Å². The quantitative estimate of drug-likeness (QED) is 0.837. The lowest BCUT2D eigenvalue weighted by atomic mass is 10.0. The summed E-state index contributed by atoms with van der Waals surface area (Å²) >= 11 is 0. The Bertz CT molecular complexity index is 791. The maximum atomic E-state index is 14.4. The van der Waals surface area contributed by atoms with Gasteiger partial charge in [-0.25, -0.2) is 4.39 Å². The van der Waals surface area contributed by atoms with E-state index in [1.165, 1.54) is 19.2 Å². The van der Waals surface area contributed by atoms with Crippen LogP contribution in [-0.4, -0.2) is 37.1 Å². The number of carbonyl (C=O) groups excluding carboxylic acids is 1. The average molecular weight is 355 g/mol. The van der Waals surface area contributed by atoms with E-state index >= 15 is 0 Å². The van der Waals surface area contributed by atoms with Gasteiger partial charge in [0.1, 0.15) is 17.7 Å². The molecule has 0 bridgehead atoms. The van der Waals surface area contributed by atoms with Gasteiger partial charge in [-0.15, -0.1) is 0 Å². The average Bonchev–Trinajstić information content (AvgIpc) is 3.53. The normalized spacial score (nSPS) is 22.9. The van der Waals surface area contributed by atoms with E-state index in [1.54, 1.807) is 11.0 Å². The molecule has 2 atom stereocenters. The standard InChI is InChI=1S/C21H22FNO3/c1-25-16-9-10-17(18(22)11-16)21(24)23-12-19(14-5-3-2-4-6-14)26-20(13-23)15-7-8-15/h2-6,9-11,15,19-20H,7-8,12-13H2,1H3/t19-,20+/m0/s1. The molecule has 4 nitrogen and oxygen atoms in total. The molecule has 1 aliphatic carbocycles. The summed E-state index contributed by atoms with van der Waals surface area (Å²) in [5.41, 5.74) is 1.12. The van der Waals surface area contributed by atoms with Gasteiger partial charge in [0, 0.05) is 12.6 Å². The lowest BCUT2D eigenvalue weighted by Gasteiger charge is -2.38. The van der Waals surface area contributed by atoms with Crippen molar-refractivity contribution in [1.29, 1.82) is 0 Å². The van der Waals surface area contributed by atoms with Gasteiger partial charge >= 0.3 is 0 Å². The third-order valence-corrected chi connectivity index (χ3v) is 5.14. The van der Waals surface area contributed by atoms with Gasteiger partial charge in [-0.2, -0.15) is 0 Å². The summed E-state index contributed by atoms with van der Waals surface area (Å²) in [6.07, 6.45) is 2.09. The minimum atomic E-state index is -0.555. The molecular weight excluding hydrogens is 333 g/mol. The third kappa shape index (κ3) is 3.44. The Morgan fingerprint density at radius 2 is 1.92 bits per heavy atom. The van der Waals surface area contributed by atoms with Crippen LogP contribution in [0, 0.1) is 11.7 Å². The van der Waals surface area contributed by atoms with Crippen molar-refractivity contribution >= 4 is 5.91 Å². The van der Waals surface area contributed by atoms with Gasteiger partial charge in [-0.3, -0.25) is 4.79 Å². The van der Waals surface area contributed by atoms with E-state index in [0.29, 0.717) is 24.8 Å². The topological polar surface area (TPSA) is 38.8 Å². The number of hydrogen-bond donors (Lipinski definition) is 0. The molecule has 1 amide bonds. The largest absolute Gasteiger partial charge is 0.497 e. The molecule has 1 aliphatic heterocycles. The van der Waals surface area contributed by atoms with Crippen LogP contribution in [0.5, 0.6) is 5.75 Å². The van der Waals surface area contributed by atoms with Gasteiger partial charge < -0.3 is 14.4 Å². The fourth-order valence-electron chi connectivity index (χ4n) is 3.50. The number of morpholine rings is 1. The molecule has 0 radical (unpaired) electrons. The number of halogens is 1. The number of carbonyl (C=O) groups is 1. The van der Waals surface area contributed by atoms with Crippen molar-refractivity contribution in [3.8, 4) is 5.75 Å². The highest BCUT2D eigenvalue weighted by molar-refractivity contribution is 5.94. The Hall–Kier alpha value is -2.40. The highest BCUT2D eigenvalue weighted by Crippen LogP contribution is 2.39. The zero-order chi connectivity index (χ0) is 18.1. The second-order valence-electron chi connectivity index (χ2n) is 6.97. The summed E-state index contributed by atoms with van der Waals surface area (Å²) in [4.78, 5) is 14.7. The Labute approximate surface area is 152 Å². The molecule has 2 fully saturated rings. The number of methoxy groups -OCH3 is 1. The van der Waals surface area contributed by atoms with Gasteiger partial charge in [-0.05, 0) is 36.5 Å². The van der Waals surface area contributed by atoms with Crippen LogP contribution in [0.4, 0.5) is 4.39 Å². The van der Waals surface area contributed by atoms with Crippen LogP contribution in [0.3, 0.4) is 0 Å². The predicted octanol–water partition coefficient (Wildman–Crippen LogP) is 3.83. The predicted molar refractivity (Wildman–Crippen MR) is 95.6 cm³/mol. The van der Waals surface area contributed by atoms with Crippen molar-refractivity contribution in [1.82, 2.24) is 4.90 Å². The van der Waals surface area contributed by atoms with Gasteiger partial charge in [0.15, 0.2) is 0 Å². The summed E-state index contributed by atoms with van der Waals surface area (Å²) in [5, 5.41) is 0. The molecule has 0 N–H and O–H groups in total. The summed E-state index contributed by atoms with van der Waals surface area (Å²) in [6, 6.07) is 14.3. The van der Waals surface area contributed by atoms with Crippen molar-refractivity contribution in [2.24, 2.45) is 5.92 Å². The SMILES string of the molecule is COc1ccc(C(=O)N2C[C@@H](c3ccccc3)O[C@@H](C3CC3)C2)c(F)c1. The molecule has 1 saturated carbocycles. The number of amides is 1. The van der Waals surface area contributed by atoms with Crippen LogP contribution in [-0.2, 0) is 4.74 Å².